The predicted octanol–water partition coefficient (Wildman–Crippen LogP) is 1.15. The molecule has 0 spiro atoms. The van der Waals surface area contributed by atoms with Gasteiger partial charge in [-0.25, -0.2) is 9.50 Å². The third-order valence-electron chi connectivity index (χ3n) is 1.50. The second-order valence-corrected chi connectivity index (χ2v) is 3.41. The largest absolute Gasteiger partial charge is 0.296 e. The highest BCUT2D eigenvalue weighted by atomic mass is 127. The van der Waals surface area contributed by atoms with E-state index in [0.29, 0.717) is 12.0 Å². The molecule has 0 bridgehead atoms. The number of rotatable bonds is 1. The molecule has 0 saturated heterocycles. The highest BCUT2D eigenvalue weighted by Gasteiger charge is 2.01. The third kappa shape index (κ3) is 1.09. The maximum absolute atomic E-state index is 10.4. The summed E-state index contributed by atoms with van der Waals surface area (Å²) in [6.07, 6.45) is 5.67. The minimum Gasteiger partial charge on any atom is -0.296 e. The average molecular weight is 273 g/mol. The molecule has 4 nitrogen and oxygen atoms in total. The van der Waals surface area contributed by atoms with Crippen molar-refractivity contribution in [1.82, 2.24) is 14.6 Å². The maximum Gasteiger partial charge on any atom is 0.170 e. The van der Waals surface area contributed by atoms with Crippen LogP contribution < -0.4 is 0 Å². The van der Waals surface area contributed by atoms with Crippen LogP contribution in [0.2, 0.25) is 0 Å². The van der Waals surface area contributed by atoms with Crippen molar-refractivity contribution in [3.05, 3.63) is 27.9 Å². The monoisotopic (exact) mass is 273 g/mol. The first-order chi connectivity index (χ1) is 5.81. The quantitative estimate of drug-likeness (QED) is 0.578. The molecule has 2 aromatic heterocycles. The van der Waals surface area contributed by atoms with Crippen LogP contribution in [0.1, 0.15) is 10.5 Å². The van der Waals surface area contributed by atoms with Gasteiger partial charge in [-0.3, -0.25) is 4.79 Å². The van der Waals surface area contributed by atoms with Crippen LogP contribution in [0.15, 0.2) is 18.6 Å². The van der Waals surface area contributed by atoms with Gasteiger partial charge in [0.15, 0.2) is 6.29 Å². The van der Waals surface area contributed by atoms with Crippen molar-refractivity contribution in [3.8, 4) is 0 Å². The highest BCUT2D eigenvalue weighted by Crippen LogP contribution is 2.11. The first-order valence-electron chi connectivity index (χ1n) is 3.25. The van der Waals surface area contributed by atoms with Gasteiger partial charge in [-0.1, -0.05) is 0 Å². The molecule has 5 heteroatoms. The van der Waals surface area contributed by atoms with Gasteiger partial charge in [0.25, 0.3) is 0 Å². The van der Waals surface area contributed by atoms with Crippen LogP contribution in [0.3, 0.4) is 0 Å². The van der Waals surface area contributed by atoms with E-state index in [9.17, 15) is 4.79 Å². The molecule has 2 heterocycles. The van der Waals surface area contributed by atoms with Gasteiger partial charge in [0.1, 0.15) is 5.69 Å². The van der Waals surface area contributed by atoms with Gasteiger partial charge in [-0.2, -0.15) is 5.10 Å². The maximum atomic E-state index is 10.4. The van der Waals surface area contributed by atoms with E-state index in [1.54, 1.807) is 23.1 Å². The van der Waals surface area contributed by atoms with Gasteiger partial charge in [0.05, 0.1) is 27.7 Å². The zero-order valence-electron chi connectivity index (χ0n) is 5.94. The number of carbonyl (C=O) groups is 1. The standard InChI is InChI=1S/C7H4IN3O/c8-6-1-10-11-3-5(4-12)9-2-7(6)11/h1-4H. The number of fused-ring (bicyclic) bond motifs is 1. The molecule has 0 fully saturated rings. The van der Waals surface area contributed by atoms with Crippen LogP contribution in [0.4, 0.5) is 0 Å². The fourth-order valence-corrected chi connectivity index (χ4v) is 1.44. The molecular formula is C7H4IN3O. The molecule has 0 atom stereocenters. The Morgan fingerprint density at radius 2 is 2.33 bits per heavy atom. The summed E-state index contributed by atoms with van der Waals surface area (Å²) in [5, 5.41) is 4.04. The summed E-state index contributed by atoms with van der Waals surface area (Å²) >= 11 is 2.17. The van der Waals surface area contributed by atoms with Gasteiger partial charge in [-0.05, 0) is 22.6 Å². The van der Waals surface area contributed by atoms with Crippen LogP contribution in [0.5, 0.6) is 0 Å². The van der Waals surface area contributed by atoms with Crippen LogP contribution in [0, 0.1) is 3.57 Å². The highest BCUT2D eigenvalue weighted by molar-refractivity contribution is 14.1. The van der Waals surface area contributed by atoms with E-state index in [-0.39, 0.29) is 0 Å². The molecule has 0 aliphatic rings. The van der Waals surface area contributed by atoms with E-state index in [1.165, 1.54) is 0 Å². The van der Waals surface area contributed by atoms with Gasteiger partial charge in [-0.15, -0.1) is 0 Å². The Bertz CT molecular complexity index is 437. The SMILES string of the molecule is O=Cc1cn2ncc(I)c2cn1. The zero-order chi connectivity index (χ0) is 8.55. The third-order valence-corrected chi connectivity index (χ3v) is 2.33. The van der Waals surface area contributed by atoms with Crippen molar-refractivity contribution < 1.29 is 4.79 Å². The van der Waals surface area contributed by atoms with E-state index in [4.69, 9.17) is 0 Å². The topological polar surface area (TPSA) is 47.3 Å². The number of halogens is 1. The lowest BCUT2D eigenvalue weighted by Gasteiger charge is -1.92. The summed E-state index contributed by atoms with van der Waals surface area (Å²) < 4.78 is 2.66. The number of nitrogens with zero attached hydrogens (tertiary/aromatic N) is 3. The first kappa shape index (κ1) is 7.66. The molecule has 0 N–H and O–H groups in total. The number of carbonyl (C=O) groups excluding carboxylic acids is 1. The summed E-state index contributed by atoms with van der Waals surface area (Å²) in [6.45, 7) is 0. The second-order valence-electron chi connectivity index (χ2n) is 2.25. The lowest BCUT2D eigenvalue weighted by Crippen LogP contribution is -1.93. The minimum atomic E-state index is 0.391. The Labute approximate surface area is 81.7 Å². The summed E-state index contributed by atoms with van der Waals surface area (Å²) in [7, 11) is 0. The molecule has 2 aromatic rings. The van der Waals surface area contributed by atoms with E-state index >= 15 is 0 Å². The molecule has 0 saturated carbocycles. The molecule has 0 unspecified atom stereocenters. The summed E-state index contributed by atoms with van der Waals surface area (Å²) in [5.74, 6) is 0. The van der Waals surface area contributed by atoms with Crippen LogP contribution in [-0.4, -0.2) is 20.9 Å². The van der Waals surface area contributed by atoms with E-state index in [0.717, 1.165) is 9.09 Å². The van der Waals surface area contributed by atoms with E-state index in [1.807, 2.05) is 0 Å². The zero-order valence-corrected chi connectivity index (χ0v) is 8.09. The number of aldehydes is 1. The molecule has 2 rings (SSSR count). The molecule has 12 heavy (non-hydrogen) atoms. The smallest absolute Gasteiger partial charge is 0.170 e. The number of hydrogen-bond acceptors (Lipinski definition) is 3. The Morgan fingerprint density at radius 3 is 3.08 bits per heavy atom. The Balaban J connectivity index is 2.77. The van der Waals surface area contributed by atoms with Crippen molar-refractivity contribution >= 4 is 34.4 Å². The molecule has 60 valence electrons. The van der Waals surface area contributed by atoms with Gasteiger partial charge in [0.2, 0.25) is 0 Å². The Kier molecular flexibility index (Phi) is 1.80. The van der Waals surface area contributed by atoms with E-state index in [2.05, 4.69) is 32.7 Å². The van der Waals surface area contributed by atoms with Crippen molar-refractivity contribution in [2.45, 2.75) is 0 Å². The van der Waals surface area contributed by atoms with E-state index < -0.39 is 0 Å². The molecule has 0 aromatic carbocycles. The molecular weight excluding hydrogens is 269 g/mol. The summed E-state index contributed by atoms with van der Waals surface area (Å²) in [6, 6.07) is 0. The normalized spacial score (nSPS) is 10.4. The number of hydrogen-bond donors (Lipinski definition) is 0. The van der Waals surface area contributed by atoms with Crippen molar-refractivity contribution in [2.75, 3.05) is 0 Å². The lowest BCUT2D eigenvalue weighted by atomic mass is 10.5. The van der Waals surface area contributed by atoms with Gasteiger partial charge >= 0.3 is 0 Å². The predicted molar refractivity (Wildman–Crippen MR) is 51.1 cm³/mol. The number of aromatic nitrogens is 3. The Hall–Kier alpha value is -0.980. The van der Waals surface area contributed by atoms with Crippen LogP contribution in [-0.2, 0) is 0 Å². The van der Waals surface area contributed by atoms with Crippen molar-refractivity contribution in [2.24, 2.45) is 0 Å². The van der Waals surface area contributed by atoms with Gasteiger partial charge < -0.3 is 0 Å². The fourth-order valence-electron chi connectivity index (χ4n) is 0.930. The summed E-state index contributed by atoms with van der Waals surface area (Å²) in [5.41, 5.74) is 1.31. The summed E-state index contributed by atoms with van der Waals surface area (Å²) in [4.78, 5) is 14.3. The van der Waals surface area contributed by atoms with Gasteiger partial charge in [0, 0.05) is 0 Å². The average Bonchev–Trinajstić information content (AvgIpc) is 2.47. The Morgan fingerprint density at radius 1 is 1.50 bits per heavy atom. The van der Waals surface area contributed by atoms with Crippen molar-refractivity contribution in [3.63, 3.8) is 0 Å². The lowest BCUT2D eigenvalue weighted by molar-refractivity contribution is 0.111. The van der Waals surface area contributed by atoms with Crippen LogP contribution in [0.25, 0.3) is 5.52 Å². The molecule has 0 radical (unpaired) electrons. The molecule has 0 aliphatic heterocycles. The molecule has 0 amide bonds. The molecule has 0 aliphatic carbocycles. The second kappa shape index (κ2) is 2.81. The first-order valence-corrected chi connectivity index (χ1v) is 4.33. The minimum absolute atomic E-state index is 0.391. The van der Waals surface area contributed by atoms with Crippen molar-refractivity contribution in [1.29, 1.82) is 0 Å². The van der Waals surface area contributed by atoms with Crippen LogP contribution >= 0.6 is 22.6 Å². The fraction of sp³-hybridized carbons (Fsp3) is 0.